The molecule has 1 aromatic carbocycles. The van der Waals surface area contributed by atoms with Gasteiger partial charge in [0.1, 0.15) is 0 Å². The summed E-state index contributed by atoms with van der Waals surface area (Å²) in [5, 5.41) is 6.73. The Kier molecular flexibility index (Phi) is 5.86. The Balaban J connectivity index is 2.23. The fraction of sp³-hybridized carbons (Fsp3) is 0.444. The third-order valence-corrected chi connectivity index (χ3v) is 5.72. The van der Waals surface area contributed by atoms with Gasteiger partial charge in [0.2, 0.25) is 0 Å². The van der Waals surface area contributed by atoms with Crippen molar-refractivity contribution in [1.82, 2.24) is 5.32 Å². The molecule has 1 nitrogen and oxygen atoms in total. The first kappa shape index (κ1) is 16.5. The zero-order valence-corrected chi connectivity index (χ0v) is 14.9. The molecule has 1 heterocycles. The van der Waals surface area contributed by atoms with Crippen LogP contribution in [-0.4, -0.2) is 6.54 Å². The molecule has 0 fully saturated rings. The molecule has 114 valence electrons. The van der Waals surface area contributed by atoms with Crippen LogP contribution < -0.4 is 5.32 Å². The van der Waals surface area contributed by atoms with Gasteiger partial charge in [-0.3, -0.25) is 0 Å². The minimum Gasteiger partial charge on any atom is -0.309 e. The van der Waals surface area contributed by atoms with E-state index in [1.807, 2.05) is 0 Å². The van der Waals surface area contributed by atoms with E-state index in [9.17, 15) is 0 Å². The zero-order chi connectivity index (χ0) is 15.4. The quantitative estimate of drug-likeness (QED) is 0.729. The van der Waals surface area contributed by atoms with Gasteiger partial charge in [0.25, 0.3) is 0 Å². The van der Waals surface area contributed by atoms with Crippen LogP contribution in [0.3, 0.4) is 0 Å². The molecule has 1 N–H and O–H groups in total. The van der Waals surface area contributed by atoms with Gasteiger partial charge in [-0.15, -0.1) is 11.3 Å². The predicted octanol–water partition coefficient (Wildman–Crippen LogP) is 5.61. The average molecular weight is 322 g/mol. The van der Waals surface area contributed by atoms with E-state index >= 15 is 0 Å². The summed E-state index contributed by atoms with van der Waals surface area (Å²) < 4.78 is 0. The Hall–Kier alpha value is -0.830. The van der Waals surface area contributed by atoms with Crippen LogP contribution in [0.15, 0.2) is 23.6 Å². The molecule has 2 rings (SSSR count). The van der Waals surface area contributed by atoms with Crippen molar-refractivity contribution in [2.75, 3.05) is 6.54 Å². The van der Waals surface area contributed by atoms with Gasteiger partial charge in [-0.25, -0.2) is 0 Å². The molecule has 0 saturated carbocycles. The van der Waals surface area contributed by atoms with Crippen molar-refractivity contribution in [3.8, 4) is 0 Å². The molecule has 0 amide bonds. The molecule has 0 aliphatic rings. The van der Waals surface area contributed by atoms with Crippen LogP contribution in [0.2, 0.25) is 5.02 Å². The maximum absolute atomic E-state index is 6.48. The first-order valence-electron chi connectivity index (χ1n) is 7.56. The van der Waals surface area contributed by atoms with Gasteiger partial charge in [-0.2, -0.15) is 0 Å². The second kappa shape index (κ2) is 7.44. The number of hydrogen-bond donors (Lipinski definition) is 1. The van der Waals surface area contributed by atoms with Crippen molar-refractivity contribution in [1.29, 1.82) is 0 Å². The maximum Gasteiger partial charge on any atom is 0.0590 e. The van der Waals surface area contributed by atoms with Crippen molar-refractivity contribution in [3.05, 3.63) is 55.7 Å². The highest BCUT2D eigenvalue weighted by atomic mass is 35.5. The minimum atomic E-state index is 0.304. The molecule has 0 aliphatic heterocycles. The fourth-order valence-corrected chi connectivity index (χ4v) is 3.83. The standard InChI is InChI=1S/C18H24ClNS/c1-5-8-20-16(18-17(19)14(4)11-21-18)10-15-7-6-12(2)13(3)9-15/h6-7,9,11,16,20H,5,8,10H2,1-4H3. The fourth-order valence-electron chi connectivity index (χ4n) is 2.43. The van der Waals surface area contributed by atoms with Crippen molar-refractivity contribution in [3.63, 3.8) is 0 Å². The molecule has 3 heteroatoms. The number of benzene rings is 1. The van der Waals surface area contributed by atoms with Crippen LogP contribution in [0.4, 0.5) is 0 Å². The van der Waals surface area contributed by atoms with Crippen LogP contribution in [0, 0.1) is 20.8 Å². The summed E-state index contributed by atoms with van der Waals surface area (Å²) in [6.07, 6.45) is 2.12. The van der Waals surface area contributed by atoms with E-state index in [4.69, 9.17) is 11.6 Å². The van der Waals surface area contributed by atoms with Gasteiger partial charge in [0.05, 0.1) is 5.02 Å². The third kappa shape index (κ3) is 4.09. The molecule has 0 saturated heterocycles. The van der Waals surface area contributed by atoms with Crippen molar-refractivity contribution >= 4 is 22.9 Å². The van der Waals surface area contributed by atoms with Crippen molar-refractivity contribution in [2.45, 2.75) is 46.6 Å². The summed E-state index contributed by atoms with van der Waals surface area (Å²) in [6, 6.07) is 7.04. The van der Waals surface area contributed by atoms with Gasteiger partial charge in [0.15, 0.2) is 0 Å². The van der Waals surface area contributed by atoms with E-state index in [2.05, 4.69) is 56.6 Å². The average Bonchev–Trinajstić information content (AvgIpc) is 2.79. The highest BCUT2D eigenvalue weighted by Crippen LogP contribution is 2.34. The van der Waals surface area contributed by atoms with Crippen LogP contribution >= 0.6 is 22.9 Å². The van der Waals surface area contributed by atoms with Gasteiger partial charge in [0, 0.05) is 10.9 Å². The van der Waals surface area contributed by atoms with E-state index < -0.39 is 0 Å². The molecule has 0 radical (unpaired) electrons. The summed E-state index contributed by atoms with van der Waals surface area (Å²) in [5.74, 6) is 0. The number of hydrogen-bond acceptors (Lipinski definition) is 2. The highest BCUT2D eigenvalue weighted by Gasteiger charge is 2.18. The summed E-state index contributed by atoms with van der Waals surface area (Å²) in [4.78, 5) is 1.26. The molecule has 1 atom stereocenters. The van der Waals surface area contributed by atoms with E-state index in [0.717, 1.165) is 24.4 Å². The molecule has 0 bridgehead atoms. The number of rotatable bonds is 6. The van der Waals surface area contributed by atoms with E-state index in [0.29, 0.717) is 6.04 Å². The topological polar surface area (TPSA) is 12.0 Å². The molecule has 1 aromatic heterocycles. The predicted molar refractivity (Wildman–Crippen MR) is 94.7 cm³/mol. The normalized spacial score (nSPS) is 12.6. The van der Waals surface area contributed by atoms with Gasteiger partial charge < -0.3 is 5.32 Å². The Labute approximate surface area is 137 Å². The van der Waals surface area contributed by atoms with Crippen LogP contribution in [0.5, 0.6) is 0 Å². The lowest BCUT2D eigenvalue weighted by Gasteiger charge is -2.19. The highest BCUT2D eigenvalue weighted by molar-refractivity contribution is 7.10. The zero-order valence-electron chi connectivity index (χ0n) is 13.3. The largest absolute Gasteiger partial charge is 0.309 e. The molecule has 1 unspecified atom stereocenters. The number of aryl methyl sites for hydroxylation is 3. The smallest absolute Gasteiger partial charge is 0.0590 e. The molecule has 0 spiro atoms. The van der Waals surface area contributed by atoms with Crippen LogP contribution in [-0.2, 0) is 6.42 Å². The Morgan fingerprint density at radius 1 is 1.14 bits per heavy atom. The van der Waals surface area contributed by atoms with Gasteiger partial charge in [-0.05, 0) is 67.8 Å². The lowest BCUT2D eigenvalue weighted by atomic mass is 10.00. The maximum atomic E-state index is 6.48. The van der Waals surface area contributed by atoms with Crippen molar-refractivity contribution < 1.29 is 0 Å². The number of halogens is 1. The molecule has 21 heavy (non-hydrogen) atoms. The summed E-state index contributed by atoms with van der Waals surface area (Å²) in [5.41, 5.74) is 5.26. The third-order valence-electron chi connectivity index (χ3n) is 3.89. The Morgan fingerprint density at radius 2 is 1.90 bits per heavy atom. The number of thiophene rings is 1. The second-order valence-electron chi connectivity index (χ2n) is 5.73. The Morgan fingerprint density at radius 3 is 2.48 bits per heavy atom. The number of nitrogens with one attached hydrogen (secondary N) is 1. The monoisotopic (exact) mass is 321 g/mol. The lowest BCUT2D eigenvalue weighted by Crippen LogP contribution is -2.23. The molecule has 0 aliphatic carbocycles. The summed E-state index contributed by atoms with van der Waals surface area (Å²) >= 11 is 8.24. The second-order valence-corrected chi connectivity index (χ2v) is 7.02. The van der Waals surface area contributed by atoms with Gasteiger partial charge in [-0.1, -0.05) is 36.7 Å². The minimum absolute atomic E-state index is 0.304. The van der Waals surface area contributed by atoms with Crippen LogP contribution in [0.25, 0.3) is 0 Å². The summed E-state index contributed by atoms with van der Waals surface area (Å²) in [7, 11) is 0. The van der Waals surface area contributed by atoms with Gasteiger partial charge >= 0.3 is 0 Å². The van der Waals surface area contributed by atoms with Crippen LogP contribution in [0.1, 0.15) is 46.5 Å². The lowest BCUT2D eigenvalue weighted by molar-refractivity contribution is 0.536. The van der Waals surface area contributed by atoms with E-state index in [-0.39, 0.29) is 0 Å². The van der Waals surface area contributed by atoms with Crippen molar-refractivity contribution in [2.24, 2.45) is 0 Å². The molecular weight excluding hydrogens is 298 g/mol. The first-order valence-corrected chi connectivity index (χ1v) is 8.81. The van der Waals surface area contributed by atoms with E-state index in [1.54, 1.807) is 11.3 Å². The summed E-state index contributed by atoms with van der Waals surface area (Å²) in [6.45, 7) is 9.63. The first-order chi connectivity index (χ1) is 10.0. The molecule has 2 aromatic rings. The molecular formula is C18H24ClNS. The Bertz CT molecular complexity index is 603. The van der Waals surface area contributed by atoms with E-state index in [1.165, 1.54) is 27.1 Å². The SMILES string of the molecule is CCCNC(Cc1ccc(C)c(C)c1)c1scc(C)c1Cl.